The summed E-state index contributed by atoms with van der Waals surface area (Å²) in [4.78, 5) is 7.33. The van der Waals surface area contributed by atoms with Gasteiger partial charge in [0.2, 0.25) is 0 Å². The highest BCUT2D eigenvalue weighted by Crippen LogP contribution is 2.24. The third-order valence-corrected chi connectivity index (χ3v) is 5.63. The minimum absolute atomic E-state index is 0.206. The van der Waals surface area contributed by atoms with Crippen LogP contribution in [0.1, 0.15) is 45.2 Å². The Hall–Kier alpha value is -1.83. The Balaban J connectivity index is 1.89. The SMILES string of the molecule is CCNC(=NCC(c1cccc(OC)c1)N(CC)CC)NCCCOCC1CCOC1. The van der Waals surface area contributed by atoms with Gasteiger partial charge in [0.05, 0.1) is 32.9 Å². The fraction of sp³-hybridized carbons (Fsp3) is 0.708. The number of guanidine groups is 1. The molecule has 1 aromatic rings. The van der Waals surface area contributed by atoms with Gasteiger partial charge in [0, 0.05) is 32.2 Å². The molecular weight excluding hydrogens is 392 g/mol. The van der Waals surface area contributed by atoms with E-state index in [0.29, 0.717) is 12.5 Å². The molecule has 0 amide bonds. The average Bonchev–Trinajstić information content (AvgIpc) is 3.32. The first-order chi connectivity index (χ1) is 15.2. The monoisotopic (exact) mass is 434 g/mol. The average molecular weight is 435 g/mol. The van der Waals surface area contributed by atoms with Crippen molar-refractivity contribution >= 4 is 5.96 Å². The van der Waals surface area contributed by atoms with Gasteiger partial charge in [-0.2, -0.15) is 0 Å². The van der Waals surface area contributed by atoms with E-state index in [1.807, 2.05) is 6.07 Å². The number of likely N-dealkylation sites (N-methyl/N-ethyl adjacent to an activating group) is 1. The van der Waals surface area contributed by atoms with Gasteiger partial charge >= 0.3 is 0 Å². The van der Waals surface area contributed by atoms with Crippen LogP contribution in [0.4, 0.5) is 0 Å². The van der Waals surface area contributed by atoms with Crippen LogP contribution < -0.4 is 15.4 Å². The molecule has 1 aliphatic rings. The van der Waals surface area contributed by atoms with E-state index in [4.69, 9.17) is 19.2 Å². The second-order valence-electron chi connectivity index (χ2n) is 7.82. The van der Waals surface area contributed by atoms with E-state index in [-0.39, 0.29) is 6.04 Å². The molecule has 0 spiro atoms. The van der Waals surface area contributed by atoms with E-state index < -0.39 is 0 Å². The number of hydrogen-bond donors (Lipinski definition) is 2. The molecule has 0 aliphatic carbocycles. The van der Waals surface area contributed by atoms with Crippen molar-refractivity contribution in [3.05, 3.63) is 29.8 Å². The topological polar surface area (TPSA) is 67.4 Å². The smallest absolute Gasteiger partial charge is 0.191 e. The third kappa shape index (κ3) is 9.05. The molecule has 1 aliphatic heterocycles. The number of nitrogens with one attached hydrogen (secondary N) is 2. The van der Waals surface area contributed by atoms with Crippen LogP contribution in [0.3, 0.4) is 0 Å². The van der Waals surface area contributed by atoms with Crippen molar-refractivity contribution in [2.75, 3.05) is 66.3 Å². The molecule has 1 heterocycles. The molecule has 7 nitrogen and oxygen atoms in total. The first kappa shape index (κ1) is 25.4. The predicted molar refractivity (Wildman–Crippen MR) is 127 cm³/mol. The van der Waals surface area contributed by atoms with E-state index in [0.717, 1.165) is 77.2 Å². The van der Waals surface area contributed by atoms with Crippen LogP contribution in [0.2, 0.25) is 0 Å². The lowest BCUT2D eigenvalue weighted by Crippen LogP contribution is -2.39. The lowest BCUT2D eigenvalue weighted by molar-refractivity contribution is 0.0888. The summed E-state index contributed by atoms with van der Waals surface area (Å²) < 4.78 is 16.6. The molecule has 1 fully saturated rings. The van der Waals surface area contributed by atoms with Gasteiger partial charge in [0.25, 0.3) is 0 Å². The minimum atomic E-state index is 0.206. The Morgan fingerprint density at radius 1 is 1.26 bits per heavy atom. The van der Waals surface area contributed by atoms with Crippen LogP contribution in [0.25, 0.3) is 0 Å². The Morgan fingerprint density at radius 2 is 2.10 bits per heavy atom. The normalized spacial score (nSPS) is 17.7. The van der Waals surface area contributed by atoms with Gasteiger partial charge in [-0.1, -0.05) is 26.0 Å². The van der Waals surface area contributed by atoms with Gasteiger partial charge in [0.15, 0.2) is 5.96 Å². The molecule has 31 heavy (non-hydrogen) atoms. The lowest BCUT2D eigenvalue weighted by Gasteiger charge is -2.29. The highest BCUT2D eigenvalue weighted by molar-refractivity contribution is 5.79. The zero-order chi connectivity index (χ0) is 22.3. The molecule has 7 heteroatoms. The molecule has 1 aromatic carbocycles. The van der Waals surface area contributed by atoms with Crippen LogP contribution in [-0.2, 0) is 9.47 Å². The second-order valence-corrected chi connectivity index (χ2v) is 7.82. The number of nitrogens with zero attached hydrogens (tertiary/aromatic N) is 2. The van der Waals surface area contributed by atoms with Crippen molar-refractivity contribution in [1.29, 1.82) is 0 Å². The zero-order valence-corrected chi connectivity index (χ0v) is 19.9. The van der Waals surface area contributed by atoms with Gasteiger partial charge in [-0.25, -0.2) is 0 Å². The van der Waals surface area contributed by atoms with Crippen molar-refractivity contribution in [1.82, 2.24) is 15.5 Å². The van der Waals surface area contributed by atoms with Crippen molar-refractivity contribution in [3.8, 4) is 5.75 Å². The number of aliphatic imine (C=N–C) groups is 1. The van der Waals surface area contributed by atoms with Crippen LogP contribution >= 0.6 is 0 Å². The number of ether oxygens (including phenoxy) is 3. The van der Waals surface area contributed by atoms with Gasteiger partial charge in [-0.3, -0.25) is 9.89 Å². The lowest BCUT2D eigenvalue weighted by atomic mass is 10.0. The highest BCUT2D eigenvalue weighted by atomic mass is 16.5. The molecule has 2 unspecified atom stereocenters. The Kier molecular flexibility index (Phi) is 12.3. The zero-order valence-electron chi connectivity index (χ0n) is 19.9. The van der Waals surface area contributed by atoms with Gasteiger partial charge in [0.1, 0.15) is 5.75 Å². The van der Waals surface area contributed by atoms with Crippen LogP contribution in [0.5, 0.6) is 5.75 Å². The van der Waals surface area contributed by atoms with E-state index >= 15 is 0 Å². The summed E-state index contributed by atoms with van der Waals surface area (Å²) in [6.45, 7) is 14.1. The molecule has 2 atom stereocenters. The van der Waals surface area contributed by atoms with Crippen molar-refractivity contribution in [3.63, 3.8) is 0 Å². The first-order valence-electron chi connectivity index (χ1n) is 11.8. The van der Waals surface area contributed by atoms with E-state index in [9.17, 15) is 0 Å². The first-order valence-corrected chi connectivity index (χ1v) is 11.8. The molecule has 2 N–H and O–H groups in total. The summed E-state index contributed by atoms with van der Waals surface area (Å²) >= 11 is 0. The Labute approximate surface area is 188 Å². The van der Waals surface area contributed by atoms with Gasteiger partial charge < -0.3 is 24.8 Å². The number of rotatable bonds is 14. The largest absolute Gasteiger partial charge is 0.497 e. The third-order valence-electron chi connectivity index (χ3n) is 5.63. The second kappa shape index (κ2) is 15.1. The van der Waals surface area contributed by atoms with Crippen LogP contribution in [0.15, 0.2) is 29.3 Å². The van der Waals surface area contributed by atoms with Crippen molar-refractivity contribution in [2.45, 2.75) is 39.7 Å². The summed E-state index contributed by atoms with van der Waals surface area (Å²) in [5.41, 5.74) is 1.23. The highest BCUT2D eigenvalue weighted by Gasteiger charge is 2.19. The fourth-order valence-electron chi connectivity index (χ4n) is 3.81. The maximum Gasteiger partial charge on any atom is 0.191 e. The molecule has 2 rings (SSSR count). The maximum absolute atomic E-state index is 5.80. The van der Waals surface area contributed by atoms with E-state index in [2.05, 4.69) is 54.5 Å². The summed E-state index contributed by atoms with van der Waals surface area (Å²) in [7, 11) is 1.71. The fourth-order valence-corrected chi connectivity index (χ4v) is 3.81. The van der Waals surface area contributed by atoms with Crippen LogP contribution in [0, 0.1) is 5.92 Å². The summed E-state index contributed by atoms with van der Waals surface area (Å²) in [6.07, 6.45) is 2.07. The molecule has 0 aromatic heterocycles. The van der Waals surface area contributed by atoms with Gasteiger partial charge in [-0.15, -0.1) is 0 Å². The summed E-state index contributed by atoms with van der Waals surface area (Å²) in [6, 6.07) is 8.52. The summed E-state index contributed by atoms with van der Waals surface area (Å²) in [5, 5.41) is 6.81. The molecule has 0 radical (unpaired) electrons. The molecular formula is C24H42N4O3. The number of hydrogen-bond acceptors (Lipinski definition) is 5. The van der Waals surface area contributed by atoms with Crippen LogP contribution in [-0.4, -0.2) is 77.1 Å². The van der Waals surface area contributed by atoms with Crippen molar-refractivity contribution in [2.24, 2.45) is 10.9 Å². The van der Waals surface area contributed by atoms with Crippen molar-refractivity contribution < 1.29 is 14.2 Å². The number of methoxy groups -OCH3 is 1. The molecule has 176 valence electrons. The predicted octanol–water partition coefficient (Wildman–Crippen LogP) is 3.08. The van der Waals surface area contributed by atoms with E-state index in [1.54, 1.807) is 7.11 Å². The standard InChI is InChI=1S/C24H42N4O3/c1-5-25-24(26-13-9-14-30-18-20-12-15-31-19-20)27-17-23(28(6-2)7-3)21-10-8-11-22(16-21)29-4/h8,10-11,16,20,23H,5-7,9,12-15,17-19H2,1-4H3,(H2,25,26,27). The van der Waals surface area contributed by atoms with E-state index in [1.165, 1.54) is 5.56 Å². The Bertz CT molecular complexity index is 631. The molecule has 0 saturated carbocycles. The Morgan fingerprint density at radius 3 is 2.77 bits per heavy atom. The maximum atomic E-state index is 5.80. The molecule has 0 bridgehead atoms. The minimum Gasteiger partial charge on any atom is -0.497 e. The number of benzene rings is 1. The van der Waals surface area contributed by atoms with Gasteiger partial charge in [-0.05, 0) is 50.6 Å². The molecule has 1 saturated heterocycles. The summed E-state index contributed by atoms with van der Waals surface area (Å²) in [5.74, 6) is 2.31. The quantitative estimate of drug-likeness (QED) is 0.266.